The van der Waals surface area contributed by atoms with Crippen LogP contribution >= 0.6 is 0 Å². The summed E-state index contributed by atoms with van der Waals surface area (Å²) in [5.41, 5.74) is 3.32. The Bertz CT molecular complexity index is 565. The molecule has 0 fully saturated rings. The molecule has 2 heterocycles. The van der Waals surface area contributed by atoms with Crippen LogP contribution in [0.25, 0.3) is 0 Å². The number of hydrogen-bond acceptors (Lipinski definition) is 4. The zero-order chi connectivity index (χ0) is 15.2. The van der Waals surface area contributed by atoms with Crippen molar-refractivity contribution in [1.82, 2.24) is 15.3 Å². The summed E-state index contributed by atoms with van der Waals surface area (Å²) >= 11 is 0. The molecule has 0 aliphatic rings. The summed E-state index contributed by atoms with van der Waals surface area (Å²) in [5.74, 6) is 0.964. The van der Waals surface area contributed by atoms with E-state index in [9.17, 15) is 0 Å². The van der Waals surface area contributed by atoms with Crippen LogP contribution in [0.4, 0.5) is 5.82 Å². The Morgan fingerprint density at radius 2 is 2.05 bits per heavy atom. The van der Waals surface area contributed by atoms with Crippen molar-refractivity contribution in [2.24, 2.45) is 0 Å². The van der Waals surface area contributed by atoms with Gasteiger partial charge in [0.15, 0.2) is 0 Å². The van der Waals surface area contributed by atoms with E-state index in [1.807, 2.05) is 38.4 Å². The first-order valence-corrected chi connectivity index (χ1v) is 7.43. The van der Waals surface area contributed by atoms with E-state index in [-0.39, 0.29) is 0 Å². The fraction of sp³-hybridized carbons (Fsp3) is 0.412. The van der Waals surface area contributed by atoms with Gasteiger partial charge < -0.3 is 10.2 Å². The summed E-state index contributed by atoms with van der Waals surface area (Å²) in [5, 5.41) is 3.39. The number of pyridine rings is 2. The molecule has 2 aromatic heterocycles. The lowest BCUT2D eigenvalue weighted by atomic mass is 10.1. The van der Waals surface area contributed by atoms with Gasteiger partial charge in [-0.3, -0.25) is 4.98 Å². The molecule has 0 saturated carbocycles. The van der Waals surface area contributed by atoms with E-state index in [4.69, 9.17) is 0 Å². The summed E-state index contributed by atoms with van der Waals surface area (Å²) in [6.45, 7) is 8.00. The summed E-state index contributed by atoms with van der Waals surface area (Å²) in [4.78, 5) is 11.2. The van der Waals surface area contributed by atoms with Crippen LogP contribution in [0, 0.1) is 6.92 Å². The second-order valence-corrected chi connectivity index (χ2v) is 5.36. The van der Waals surface area contributed by atoms with Crippen LogP contribution in [0.1, 0.15) is 36.8 Å². The first-order chi connectivity index (χ1) is 10.1. The van der Waals surface area contributed by atoms with Gasteiger partial charge in [-0.05, 0) is 44.2 Å². The molecule has 0 aliphatic heterocycles. The molecule has 1 unspecified atom stereocenters. The highest BCUT2D eigenvalue weighted by Crippen LogP contribution is 2.16. The van der Waals surface area contributed by atoms with E-state index in [2.05, 4.69) is 46.2 Å². The summed E-state index contributed by atoms with van der Waals surface area (Å²) < 4.78 is 0. The minimum atomic E-state index is 0.334. The standard InChI is InChI=1S/C17H24N4/c1-5-18-14(3)15-9-10-17(19-11-15)21(4)12-16-8-6-7-13(2)20-16/h6-11,14,18H,5,12H2,1-4H3. The molecule has 2 rings (SSSR count). The summed E-state index contributed by atoms with van der Waals surface area (Å²) in [6.07, 6.45) is 1.95. The van der Waals surface area contributed by atoms with Gasteiger partial charge >= 0.3 is 0 Å². The van der Waals surface area contributed by atoms with Gasteiger partial charge in [-0.25, -0.2) is 4.98 Å². The minimum absolute atomic E-state index is 0.334. The molecule has 21 heavy (non-hydrogen) atoms. The molecule has 112 valence electrons. The van der Waals surface area contributed by atoms with E-state index < -0.39 is 0 Å². The molecular formula is C17H24N4. The Kier molecular flexibility index (Phi) is 5.28. The lowest BCUT2D eigenvalue weighted by Gasteiger charge is -2.19. The minimum Gasteiger partial charge on any atom is -0.354 e. The van der Waals surface area contributed by atoms with E-state index in [0.29, 0.717) is 6.04 Å². The first kappa shape index (κ1) is 15.4. The maximum atomic E-state index is 4.56. The highest BCUT2D eigenvalue weighted by Gasteiger charge is 2.07. The molecule has 4 nitrogen and oxygen atoms in total. The number of nitrogens with zero attached hydrogens (tertiary/aromatic N) is 3. The topological polar surface area (TPSA) is 41.0 Å². The van der Waals surface area contributed by atoms with Gasteiger partial charge in [0, 0.05) is 25.0 Å². The molecule has 4 heteroatoms. The average Bonchev–Trinajstić information content (AvgIpc) is 2.47. The van der Waals surface area contributed by atoms with Gasteiger partial charge in [0.05, 0.1) is 12.2 Å². The lowest BCUT2D eigenvalue weighted by Crippen LogP contribution is -2.20. The van der Waals surface area contributed by atoms with Crippen LogP contribution in [0.15, 0.2) is 36.5 Å². The fourth-order valence-corrected chi connectivity index (χ4v) is 2.32. The quantitative estimate of drug-likeness (QED) is 0.885. The van der Waals surface area contributed by atoms with Crippen molar-refractivity contribution in [2.75, 3.05) is 18.5 Å². The highest BCUT2D eigenvalue weighted by molar-refractivity contribution is 5.39. The second-order valence-electron chi connectivity index (χ2n) is 5.36. The van der Waals surface area contributed by atoms with Gasteiger partial charge in [0.2, 0.25) is 0 Å². The maximum absolute atomic E-state index is 4.56. The van der Waals surface area contributed by atoms with Crippen LogP contribution in [0.2, 0.25) is 0 Å². The smallest absolute Gasteiger partial charge is 0.128 e. The molecule has 0 spiro atoms. The average molecular weight is 284 g/mol. The van der Waals surface area contributed by atoms with E-state index in [1.165, 1.54) is 5.56 Å². The molecule has 0 radical (unpaired) electrons. The number of rotatable bonds is 6. The van der Waals surface area contributed by atoms with Crippen LogP contribution in [0.3, 0.4) is 0 Å². The Hall–Kier alpha value is -1.94. The largest absolute Gasteiger partial charge is 0.354 e. The number of hydrogen-bond donors (Lipinski definition) is 1. The molecule has 0 saturated heterocycles. The lowest BCUT2D eigenvalue weighted by molar-refractivity contribution is 0.596. The van der Waals surface area contributed by atoms with Crippen LogP contribution < -0.4 is 10.2 Å². The third kappa shape index (κ3) is 4.26. The van der Waals surface area contributed by atoms with E-state index in [0.717, 1.165) is 30.3 Å². The van der Waals surface area contributed by atoms with Crippen molar-refractivity contribution in [1.29, 1.82) is 0 Å². The van der Waals surface area contributed by atoms with Crippen LogP contribution in [-0.2, 0) is 6.54 Å². The molecule has 1 N–H and O–H groups in total. The van der Waals surface area contributed by atoms with Crippen molar-refractivity contribution in [3.05, 3.63) is 53.5 Å². The second kappa shape index (κ2) is 7.18. The summed E-state index contributed by atoms with van der Waals surface area (Å²) in [7, 11) is 2.04. The molecule has 0 aliphatic carbocycles. The third-order valence-corrected chi connectivity index (χ3v) is 3.52. The summed E-state index contributed by atoms with van der Waals surface area (Å²) in [6, 6.07) is 10.6. The van der Waals surface area contributed by atoms with Gasteiger partial charge in [-0.15, -0.1) is 0 Å². The molecule has 0 amide bonds. The van der Waals surface area contributed by atoms with Crippen LogP contribution in [0.5, 0.6) is 0 Å². The highest BCUT2D eigenvalue weighted by atomic mass is 15.2. The molecular weight excluding hydrogens is 260 g/mol. The van der Waals surface area contributed by atoms with Gasteiger partial charge in [0.1, 0.15) is 5.82 Å². The van der Waals surface area contributed by atoms with Gasteiger partial charge in [0.25, 0.3) is 0 Å². The maximum Gasteiger partial charge on any atom is 0.128 e. The fourth-order valence-electron chi connectivity index (χ4n) is 2.32. The monoisotopic (exact) mass is 284 g/mol. The van der Waals surface area contributed by atoms with Crippen molar-refractivity contribution in [3.63, 3.8) is 0 Å². The Labute approximate surface area is 127 Å². The predicted molar refractivity (Wildman–Crippen MR) is 87.4 cm³/mol. The molecule has 2 aromatic rings. The SMILES string of the molecule is CCNC(C)c1ccc(N(C)Cc2cccc(C)n2)nc1. The van der Waals surface area contributed by atoms with Crippen molar-refractivity contribution < 1.29 is 0 Å². The molecule has 1 atom stereocenters. The molecule has 0 bridgehead atoms. The molecule has 0 aromatic carbocycles. The van der Waals surface area contributed by atoms with E-state index in [1.54, 1.807) is 0 Å². The Morgan fingerprint density at radius 1 is 1.24 bits per heavy atom. The zero-order valence-corrected chi connectivity index (χ0v) is 13.3. The zero-order valence-electron chi connectivity index (χ0n) is 13.3. The number of nitrogens with one attached hydrogen (secondary N) is 1. The third-order valence-electron chi connectivity index (χ3n) is 3.52. The van der Waals surface area contributed by atoms with Crippen molar-refractivity contribution >= 4 is 5.82 Å². The number of aryl methyl sites for hydroxylation is 1. The first-order valence-electron chi connectivity index (χ1n) is 7.43. The van der Waals surface area contributed by atoms with Crippen molar-refractivity contribution in [2.45, 2.75) is 33.4 Å². The normalized spacial score (nSPS) is 12.2. The predicted octanol–water partition coefficient (Wildman–Crippen LogP) is 3.09. The number of aromatic nitrogens is 2. The van der Waals surface area contributed by atoms with E-state index >= 15 is 0 Å². The number of anilines is 1. The Balaban J connectivity index is 2.04. The van der Waals surface area contributed by atoms with Gasteiger partial charge in [-0.1, -0.05) is 19.1 Å². The Morgan fingerprint density at radius 3 is 2.67 bits per heavy atom. The van der Waals surface area contributed by atoms with Gasteiger partial charge in [-0.2, -0.15) is 0 Å². The van der Waals surface area contributed by atoms with Crippen molar-refractivity contribution in [3.8, 4) is 0 Å². The van der Waals surface area contributed by atoms with Crippen LogP contribution in [-0.4, -0.2) is 23.6 Å².